The number of alkyl halides is 3. The van der Waals surface area contributed by atoms with E-state index in [1.165, 1.54) is 0 Å². The zero-order valence-electron chi connectivity index (χ0n) is 6.60. The lowest BCUT2D eigenvalue weighted by atomic mass is 10.3. The van der Waals surface area contributed by atoms with Crippen molar-refractivity contribution in [2.75, 3.05) is 11.9 Å². The first-order valence-electron chi connectivity index (χ1n) is 3.57. The lowest BCUT2D eigenvalue weighted by molar-refractivity contribution is -0.115. The van der Waals surface area contributed by atoms with Gasteiger partial charge in [-0.3, -0.25) is 0 Å². The van der Waals surface area contributed by atoms with Crippen molar-refractivity contribution < 1.29 is 13.2 Å². The van der Waals surface area contributed by atoms with Crippen LogP contribution < -0.4 is 5.32 Å². The molecular weight excluding hydrogens is 199 g/mol. The Hall–Kier alpha value is -0.840. The molecule has 0 radical (unpaired) electrons. The topological polar surface area (TPSA) is 12.0 Å². The van der Waals surface area contributed by atoms with E-state index >= 15 is 0 Å². The molecule has 0 fully saturated rings. The van der Waals surface area contributed by atoms with Crippen molar-refractivity contribution in [3.8, 4) is 0 Å². The van der Waals surface area contributed by atoms with Gasteiger partial charge in [0.05, 0.1) is 0 Å². The first-order chi connectivity index (χ1) is 5.97. The summed E-state index contributed by atoms with van der Waals surface area (Å²) in [5, 5.41) is 2.25. The first kappa shape index (κ1) is 10.2. The van der Waals surface area contributed by atoms with Crippen LogP contribution in [-0.2, 0) is 0 Å². The Balaban J connectivity index is 2.51. The quantitative estimate of drug-likeness (QED) is 0.710. The second-order valence-electron chi connectivity index (χ2n) is 2.52. The number of anilines is 1. The van der Waals surface area contributed by atoms with E-state index in [-0.39, 0.29) is 0 Å². The average molecular weight is 207 g/mol. The summed E-state index contributed by atoms with van der Waals surface area (Å²) in [6.07, 6.45) is -4.18. The van der Waals surface area contributed by atoms with Crippen LogP contribution in [0.5, 0.6) is 0 Å². The van der Waals surface area contributed by atoms with Crippen LogP contribution in [0.4, 0.5) is 18.9 Å². The monoisotopic (exact) mass is 207 g/mol. The third-order valence-corrected chi connectivity index (χ3v) is 1.66. The van der Waals surface area contributed by atoms with E-state index in [1.807, 2.05) is 0 Å². The molecule has 1 N–H and O–H groups in total. The standard InChI is InChI=1S/C8H8F3NS/c9-8(10,11)5-12-6-1-3-7(13)4-2-6/h1-4,12-13H,5H2. The van der Waals surface area contributed by atoms with Crippen LogP contribution in [0.1, 0.15) is 0 Å². The fourth-order valence-corrected chi connectivity index (χ4v) is 0.931. The molecule has 0 saturated heterocycles. The molecule has 0 spiro atoms. The highest BCUT2D eigenvalue weighted by Crippen LogP contribution is 2.17. The van der Waals surface area contributed by atoms with Gasteiger partial charge in [-0.25, -0.2) is 0 Å². The van der Waals surface area contributed by atoms with Crippen molar-refractivity contribution in [2.24, 2.45) is 0 Å². The van der Waals surface area contributed by atoms with E-state index in [1.54, 1.807) is 24.3 Å². The Morgan fingerprint density at radius 1 is 1.15 bits per heavy atom. The lowest BCUT2D eigenvalue weighted by Gasteiger charge is -2.09. The second kappa shape index (κ2) is 3.91. The third kappa shape index (κ3) is 4.07. The zero-order valence-corrected chi connectivity index (χ0v) is 7.49. The second-order valence-corrected chi connectivity index (χ2v) is 3.03. The summed E-state index contributed by atoms with van der Waals surface area (Å²) in [6, 6.07) is 6.35. The van der Waals surface area contributed by atoms with Gasteiger partial charge in [-0.2, -0.15) is 13.2 Å². The molecule has 0 aromatic heterocycles. The molecule has 0 atom stereocenters. The van der Waals surface area contributed by atoms with Gasteiger partial charge < -0.3 is 5.32 Å². The van der Waals surface area contributed by atoms with Crippen molar-refractivity contribution in [1.29, 1.82) is 0 Å². The third-order valence-electron chi connectivity index (χ3n) is 1.36. The van der Waals surface area contributed by atoms with E-state index < -0.39 is 12.7 Å². The molecule has 72 valence electrons. The van der Waals surface area contributed by atoms with Crippen LogP contribution in [-0.4, -0.2) is 12.7 Å². The highest BCUT2D eigenvalue weighted by molar-refractivity contribution is 7.80. The number of thiol groups is 1. The molecule has 0 heterocycles. The van der Waals surface area contributed by atoms with E-state index in [2.05, 4.69) is 17.9 Å². The van der Waals surface area contributed by atoms with E-state index in [9.17, 15) is 13.2 Å². The Morgan fingerprint density at radius 2 is 1.69 bits per heavy atom. The maximum Gasteiger partial charge on any atom is 0.405 e. The number of rotatable bonds is 2. The Kier molecular flexibility index (Phi) is 3.08. The van der Waals surface area contributed by atoms with Crippen LogP contribution >= 0.6 is 12.6 Å². The number of halogens is 3. The van der Waals surface area contributed by atoms with Gasteiger partial charge in [-0.1, -0.05) is 0 Å². The largest absolute Gasteiger partial charge is 0.405 e. The normalized spacial score (nSPS) is 11.4. The minimum Gasteiger partial charge on any atom is -0.376 e. The molecule has 0 aliphatic rings. The van der Waals surface area contributed by atoms with Crippen LogP contribution in [0, 0.1) is 0 Å². The predicted molar refractivity (Wildman–Crippen MR) is 48.2 cm³/mol. The Bertz CT molecular complexity index is 268. The van der Waals surface area contributed by atoms with E-state index in [4.69, 9.17) is 0 Å². The highest BCUT2D eigenvalue weighted by Gasteiger charge is 2.26. The molecule has 0 bridgehead atoms. The zero-order chi connectivity index (χ0) is 9.90. The van der Waals surface area contributed by atoms with E-state index in [0.717, 1.165) is 4.90 Å². The number of hydrogen-bond donors (Lipinski definition) is 2. The number of nitrogens with one attached hydrogen (secondary N) is 1. The molecule has 0 saturated carbocycles. The minimum atomic E-state index is -4.18. The first-order valence-corrected chi connectivity index (χ1v) is 4.02. The highest BCUT2D eigenvalue weighted by atomic mass is 32.1. The fourth-order valence-electron chi connectivity index (χ4n) is 0.782. The smallest absolute Gasteiger partial charge is 0.376 e. The van der Waals surface area contributed by atoms with Crippen molar-refractivity contribution in [3.63, 3.8) is 0 Å². The van der Waals surface area contributed by atoms with Crippen molar-refractivity contribution in [3.05, 3.63) is 24.3 Å². The molecule has 0 aliphatic heterocycles. The van der Waals surface area contributed by atoms with Gasteiger partial charge in [-0.05, 0) is 24.3 Å². The van der Waals surface area contributed by atoms with E-state index in [0.29, 0.717) is 5.69 Å². The van der Waals surface area contributed by atoms with Gasteiger partial charge in [0, 0.05) is 10.6 Å². The fraction of sp³-hybridized carbons (Fsp3) is 0.250. The van der Waals surface area contributed by atoms with Crippen molar-refractivity contribution >= 4 is 18.3 Å². The molecule has 1 nitrogen and oxygen atoms in total. The van der Waals surface area contributed by atoms with Gasteiger partial charge in [-0.15, -0.1) is 12.6 Å². The summed E-state index contributed by atoms with van der Waals surface area (Å²) in [4.78, 5) is 0.720. The van der Waals surface area contributed by atoms with Gasteiger partial charge in [0.15, 0.2) is 0 Å². The SMILES string of the molecule is FC(F)(F)CNc1ccc(S)cc1. The maximum absolute atomic E-state index is 11.7. The summed E-state index contributed by atoms with van der Waals surface area (Å²) >= 11 is 4.01. The molecule has 0 aliphatic carbocycles. The number of benzene rings is 1. The van der Waals surface area contributed by atoms with Gasteiger partial charge >= 0.3 is 6.18 Å². The Labute approximate surface area is 79.4 Å². The van der Waals surface area contributed by atoms with Crippen LogP contribution in [0.15, 0.2) is 29.2 Å². The summed E-state index contributed by atoms with van der Waals surface area (Å²) in [5.74, 6) is 0. The summed E-state index contributed by atoms with van der Waals surface area (Å²) < 4.78 is 35.2. The molecule has 0 amide bonds. The summed E-state index contributed by atoms with van der Waals surface area (Å²) in [5.41, 5.74) is 0.440. The molecule has 5 heteroatoms. The molecular formula is C8H8F3NS. The number of hydrogen-bond acceptors (Lipinski definition) is 2. The Morgan fingerprint density at radius 3 is 2.15 bits per heavy atom. The van der Waals surface area contributed by atoms with Crippen LogP contribution in [0.2, 0.25) is 0 Å². The molecule has 1 aromatic rings. The predicted octanol–water partition coefficient (Wildman–Crippen LogP) is 2.95. The lowest BCUT2D eigenvalue weighted by Crippen LogP contribution is -2.21. The molecule has 1 rings (SSSR count). The molecule has 1 aromatic carbocycles. The van der Waals surface area contributed by atoms with Crippen molar-refractivity contribution in [1.82, 2.24) is 0 Å². The van der Waals surface area contributed by atoms with Gasteiger partial charge in [0.25, 0.3) is 0 Å². The molecule has 0 unspecified atom stereocenters. The summed E-state index contributed by atoms with van der Waals surface area (Å²) in [6.45, 7) is -1.01. The minimum absolute atomic E-state index is 0.440. The maximum atomic E-state index is 11.7. The summed E-state index contributed by atoms with van der Waals surface area (Å²) in [7, 11) is 0. The van der Waals surface area contributed by atoms with Crippen molar-refractivity contribution in [2.45, 2.75) is 11.1 Å². The average Bonchev–Trinajstić information content (AvgIpc) is 2.02. The molecule has 13 heavy (non-hydrogen) atoms. The van der Waals surface area contributed by atoms with Gasteiger partial charge in [0.1, 0.15) is 6.54 Å². The van der Waals surface area contributed by atoms with Gasteiger partial charge in [0.2, 0.25) is 0 Å². The van der Waals surface area contributed by atoms with Crippen LogP contribution in [0.25, 0.3) is 0 Å². The van der Waals surface area contributed by atoms with Crippen LogP contribution in [0.3, 0.4) is 0 Å².